The summed E-state index contributed by atoms with van der Waals surface area (Å²) < 4.78 is 14.0. The summed E-state index contributed by atoms with van der Waals surface area (Å²) in [7, 11) is 0. The number of nitriles is 1. The molecule has 0 saturated heterocycles. The summed E-state index contributed by atoms with van der Waals surface area (Å²) in [4.78, 5) is 24.7. The normalized spacial score (nSPS) is 10.1. The molecular weight excluding hydrogens is 261 g/mol. The van der Waals surface area contributed by atoms with Crippen molar-refractivity contribution in [2.24, 2.45) is 0 Å². The average Bonchev–Trinajstić information content (AvgIpc) is 2.33. The molecule has 90 valence electrons. The van der Waals surface area contributed by atoms with Gasteiger partial charge in [-0.2, -0.15) is 5.26 Å². The highest BCUT2D eigenvalue weighted by atomic mass is 35.5. The summed E-state index contributed by atoms with van der Waals surface area (Å²) in [6, 6.07) is 5.06. The van der Waals surface area contributed by atoms with Crippen molar-refractivity contribution < 1.29 is 4.39 Å². The average molecular weight is 266 g/mol. The fourth-order valence-corrected chi connectivity index (χ4v) is 1.61. The van der Waals surface area contributed by atoms with E-state index in [0.717, 1.165) is 22.9 Å². The maximum atomic E-state index is 13.1. The lowest BCUT2D eigenvalue weighted by atomic mass is 10.3. The highest BCUT2D eigenvalue weighted by Gasteiger charge is 2.09. The predicted octanol–water partition coefficient (Wildman–Crippen LogP) is 1.19. The van der Waals surface area contributed by atoms with E-state index in [2.05, 4.69) is 0 Å². The van der Waals surface area contributed by atoms with Crippen molar-refractivity contribution in [1.82, 2.24) is 9.55 Å². The van der Waals surface area contributed by atoms with E-state index in [1.165, 1.54) is 6.07 Å². The molecular formula is C11H5ClFN3O2. The topological polar surface area (TPSA) is 78.7 Å². The van der Waals surface area contributed by atoms with Crippen LogP contribution in [0, 0.1) is 17.1 Å². The number of rotatable bonds is 1. The minimum absolute atomic E-state index is 0.0504. The third kappa shape index (κ3) is 2.04. The van der Waals surface area contributed by atoms with Crippen molar-refractivity contribution in [2.45, 2.75) is 0 Å². The van der Waals surface area contributed by atoms with Crippen molar-refractivity contribution >= 4 is 11.6 Å². The van der Waals surface area contributed by atoms with E-state index >= 15 is 0 Å². The quantitative estimate of drug-likeness (QED) is 0.841. The van der Waals surface area contributed by atoms with Crippen LogP contribution in [0.2, 0.25) is 5.02 Å². The Morgan fingerprint density at radius 3 is 2.78 bits per heavy atom. The molecule has 0 spiro atoms. The molecule has 18 heavy (non-hydrogen) atoms. The van der Waals surface area contributed by atoms with Crippen molar-refractivity contribution in [1.29, 1.82) is 5.26 Å². The molecule has 1 aromatic heterocycles. The molecule has 0 atom stereocenters. The lowest BCUT2D eigenvalue weighted by molar-refractivity contribution is 0.626. The fourth-order valence-electron chi connectivity index (χ4n) is 1.40. The van der Waals surface area contributed by atoms with Crippen LogP contribution >= 0.6 is 11.6 Å². The van der Waals surface area contributed by atoms with Gasteiger partial charge in [-0.25, -0.2) is 9.18 Å². The Bertz CT molecular complexity index is 773. The number of benzene rings is 1. The molecule has 1 heterocycles. The molecule has 1 N–H and O–H groups in total. The summed E-state index contributed by atoms with van der Waals surface area (Å²) in [5.74, 6) is -0.592. The van der Waals surface area contributed by atoms with Gasteiger partial charge >= 0.3 is 5.69 Å². The molecule has 7 heteroatoms. The first-order valence-electron chi connectivity index (χ1n) is 4.74. The molecule has 0 aliphatic heterocycles. The number of halogens is 2. The van der Waals surface area contributed by atoms with Crippen LogP contribution in [-0.2, 0) is 0 Å². The van der Waals surface area contributed by atoms with E-state index in [4.69, 9.17) is 16.9 Å². The van der Waals surface area contributed by atoms with Crippen LogP contribution in [0.4, 0.5) is 4.39 Å². The highest BCUT2D eigenvalue weighted by molar-refractivity contribution is 6.32. The third-order valence-electron chi connectivity index (χ3n) is 2.23. The number of aromatic nitrogens is 2. The zero-order valence-electron chi connectivity index (χ0n) is 8.78. The van der Waals surface area contributed by atoms with E-state index in [9.17, 15) is 14.0 Å². The Kier molecular flexibility index (Phi) is 3.00. The second-order valence-corrected chi connectivity index (χ2v) is 3.79. The van der Waals surface area contributed by atoms with Gasteiger partial charge in [0.2, 0.25) is 0 Å². The first-order valence-corrected chi connectivity index (χ1v) is 5.12. The third-order valence-corrected chi connectivity index (χ3v) is 2.55. The molecule has 0 fully saturated rings. The zero-order valence-corrected chi connectivity index (χ0v) is 9.53. The van der Waals surface area contributed by atoms with Crippen LogP contribution in [0.15, 0.2) is 34.0 Å². The van der Waals surface area contributed by atoms with Gasteiger partial charge in [-0.3, -0.25) is 14.3 Å². The molecule has 0 aliphatic rings. The van der Waals surface area contributed by atoms with Gasteiger partial charge in [-0.05, 0) is 18.2 Å². The van der Waals surface area contributed by atoms with E-state index in [1.807, 2.05) is 4.98 Å². The zero-order chi connectivity index (χ0) is 13.3. The molecule has 0 bridgehead atoms. The monoisotopic (exact) mass is 265 g/mol. The minimum atomic E-state index is -0.800. The maximum absolute atomic E-state index is 13.1. The van der Waals surface area contributed by atoms with Gasteiger partial charge < -0.3 is 0 Å². The van der Waals surface area contributed by atoms with Gasteiger partial charge in [0.25, 0.3) is 5.56 Å². The number of hydrogen-bond acceptors (Lipinski definition) is 3. The molecule has 2 rings (SSSR count). The molecule has 0 amide bonds. The van der Waals surface area contributed by atoms with Crippen LogP contribution in [-0.4, -0.2) is 9.55 Å². The van der Waals surface area contributed by atoms with Crippen molar-refractivity contribution in [2.75, 3.05) is 0 Å². The lowest BCUT2D eigenvalue weighted by Gasteiger charge is -2.07. The Morgan fingerprint density at radius 2 is 2.11 bits per heavy atom. The van der Waals surface area contributed by atoms with Gasteiger partial charge in [0.1, 0.15) is 17.4 Å². The minimum Gasteiger partial charge on any atom is -0.273 e. The highest BCUT2D eigenvalue weighted by Crippen LogP contribution is 2.19. The summed E-state index contributed by atoms with van der Waals surface area (Å²) in [6.45, 7) is 0. The van der Waals surface area contributed by atoms with Crippen LogP contribution in [0.5, 0.6) is 0 Å². The molecule has 0 unspecified atom stereocenters. The first kappa shape index (κ1) is 12.1. The molecule has 0 aliphatic carbocycles. The van der Waals surface area contributed by atoms with Gasteiger partial charge in [0, 0.05) is 6.20 Å². The predicted molar refractivity (Wildman–Crippen MR) is 62.3 cm³/mol. The number of nitrogens with zero attached hydrogens (tertiary/aromatic N) is 2. The number of H-pyrrole nitrogens is 1. The summed E-state index contributed by atoms with van der Waals surface area (Å²) in [5, 5.41) is 8.83. The first-order chi connectivity index (χ1) is 8.52. The summed E-state index contributed by atoms with van der Waals surface area (Å²) >= 11 is 5.84. The Hall–Kier alpha value is -2.39. The maximum Gasteiger partial charge on any atom is 0.333 e. The van der Waals surface area contributed by atoms with E-state index in [0.29, 0.717) is 0 Å². The molecule has 1 aromatic carbocycles. The summed E-state index contributed by atoms with van der Waals surface area (Å²) in [5.41, 5.74) is -1.82. The van der Waals surface area contributed by atoms with Crippen LogP contribution in [0.25, 0.3) is 5.69 Å². The van der Waals surface area contributed by atoms with Gasteiger partial charge in [-0.1, -0.05) is 11.6 Å². The van der Waals surface area contributed by atoms with Gasteiger partial charge in [0.15, 0.2) is 0 Å². The Balaban J connectivity index is 2.80. The smallest absolute Gasteiger partial charge is 0.273 e. The van der Waals surface area contributed by atoms with Crippen LogP contribution < -0.4 is 11.2 Å². The van der Waals surface area contributed by atoms with Gasteiger partial charge in [-0.15, -0.1) is 0 Å². The summed E-state index contributed by atoms with van der Waals surface area (Å²) in [6.07, 6.45) is 1.02. The van der Waals surface area contributed by atoms with E-state index in [-0.39, 0.29) is 16.3 Å². The Morgan fingerprint density at radius 1 is 1.39 bits per heavy atom. The SMILES string of the molecule is N#Cc1cn(-c2cc(F)ccc2Cl)c(=O)[nH]c1=O. The number of aromatic amines is 1. The fraction of sp³-hybridized carbons (Fsp3) is 0. The van der Waals surface area contributed by atoms with Crippen molar-refractivity contribution in [3.63, 3.8) is 0 Å². The Labute approximate surface area is 105 Å². The number of hydrogen-bond donors (Lipinski definition) is 1. The van der Waals surface area contributed by atoms with Crippen LogP contribution in [0.3, 0.4) is 0 Å². The molecule has 5 nitrogen and oxygen atoms in total. The molecule has 0 saturated carbocycles. The van der Waals surface area contributed by atoms with Crippen LogP contribution in [0.1, 0.15) is 5.56 Å². The second kappa shape index (κ2) is 4.47. The van der Waals surface area contributed by atoms with Gasteiger partial charge in [0.05, 0.1) is 10.7 Å². The van der Waals surface area contributed by atoms with Crippen molar-refractivity contribution in [3.05, 3.63) is 61.6 Å². The second-order valence-electron chi connectivity index (χ2n) is 3.38. The lowest BCUT2D eigenvalue weighted by Crippen LogP contribution is -2.30. The van der Waals surface area contributed by atoms with E-state index < -0.39 is 17.1 Å². The largest absolute Gasteiger partial charge is 0.333 e. The molecule has 2 aromatic rings. The van der Waals surface area contributed by atoms with Crippen molar-refractivity contribution in [3.8, 4) is 11.8 Å². The number of nitrogens with one attached hydrogen (secondary N) is 1. The standard InChI is InChI=1S/C11H5ClFN3O2/c12-8-2-1-7(13)3-9(8)16-5-6(4-14)10(17)15-11(16)18/h1-3,5H,(H,15,17,18). The van der Waals surface area contributed by atoms with E-state index in [1.54, 1.807) is 6.07 Å². The molecule has 0 radical (unpaired) electrons.